The molecule has 1 aliphatic heterocycles. The van der Waals surface area contributed by atoms with E-state index in [0.29, 0.717) is 24.0 Å². The average Bonchev–Trinajstić information content (AvgIpc) is 2.89. The molecule has 1 aromatic heterocycles. The molecule has 0 aliphatic carbocycles. The van der Waals surface area contributed by atoms with Crippen LogP contribution in [-0.4, -0.2) is 34.6 Å². The predicted octanol–water partition coefficient (Wildman–Crippen LogP) is 1.58. The van der Waals surface area contributed by atoms with Crippen molar-refractivity contribution in [3.63, 3.8) is 0 Å². The third-order valence-electron chi connectivity index (χ3n) is 4.33. The zero-order valence-electron chi connectivity index (χ0n) is 14.5. The Morgan fingerprint density at radius 1 is 1.31 bits per heavy atom. The van der Waals surface area contributed by atoms with Crippen molar-refractivity contribution in [2.24, 2.45) is 0 Å². The molecule has 26 heavy (non-hydrogen) atoms. The van der Waals surface area contributed by atoms with Gasteiger partial charge in [-0.15, -0.1) is 6.58 Å². The van der Waals surface area contributed by atoms with E-state index < -0.39 is 11.9 Å². The number of aryl methyl sites for hydroxylation is 1. The highest BCUT2D eigenvalue weighted by Gasteiger charge is 2.16. The maximum atomic E-state index is 12.7. The molecule has 7 nitrogen and oxygen atoms in total. The molecule has 1 aliphatic rings. The van der Waals surface area contributed by atoms with Crippen LogP contribution in [0.1, 0.15) is 35.4 Å². The number of hydrogen-bond acceptors (Lipinski definition) is 5. The Hall–Kier alpha value is -2.96. The van der Waals surface area contributed by atoms with Gasteiger partial charge < -0.3 is 10.1 Å². The molecule has 0 saturated heterocycles. The van der Waals surface area contributed by atoms with Gasteiger partial charge in [0.1, 0.15) is 5.82 Å². The minimum absolute atomic E-state index is 0.0735. The summed E-state index contributed by atoms with van der Waals surface area (Å²) >= 11 is 0. The quantitative estimate of drug-likeness (QED) is 0.650. The molecule has 0 bridgehead atoms. The molecule has 0 spiro atoms. The largest absolute Gasteiger partial charge is 0.452 e. The number of esters is 1. The van der Waals surface area contributed by atoms with Gasteiger partial charge in [-0.05, 0) is 31.0 Å². The molecule has 0 radical (unpaired) electrons. The average molecular weight is 355 g/mol. The lowest BCUT2D eigenvalue weighted by Crippen LogP contribution is -2.28. The van der Waals surface area contributed by atoms with Crippen molar-refractivity contribution in [1.82, 2.24) is 14.9 Å². The van der Waals surface area contributed by atoms with Crippen molar-refractivity contribution in [3.8, 4) is 0 Å². The number of carbonyl (C=O) groups is 2. The summed E-state index contributed by atoms with van der Waals surface area (Å²) in [5.41, 5.74) is 0.670. The number of aromatic nitrogens is 2. The van der Waals surface area contributed by atoms with Crippen LogP contribution in [-0.2, 0) is 22.5 Å². The van der Waals surface area contributed by atoms with Gasteiger partial charge >= 0.3 is 5.97 Å². The third-order valence-corrected chi connectivity index (χ3v) is 4.33. The molecule has 0 unspecified atom stereocenters. The van der Waals surface area contributed by atoms with E-state index in [1.165, 1.54) is 12.1 Å². The summed E-state index contributed by atoms with van der Waals surface area (Å²) in [6.07, 6.45) is 5.34. The number of hydrogen-bond donors (Lipinski definition) is 1. The molecule has 2 heterocycles. The third kappa shape index (κ3) is 3.82. The van der Waals surface area contributed by atoms with Gasteiger partial charge in [-0.25, -0.2) is 9.78 Å². The Morgan fingerprint density at radius 2 is 2.15 bits per heavy atom. The fourth-order valence-corrected chi connectivity index (χ4v) is 3.00. The van der Waals surface area contributed by atoms with Gasteiger partial charge in [0.2, 0.25) is 0 Å². The summed E-state index contributed by atoms with van der Waals surface area (Å²) in [4.78, 5) is 40.9. The van der Waals surface area contributed by atoms with Crippen molar-refractivity contribution >= 4 is 22.8 Å². The number of nitrogens with zero attached hydrogens (tertiary/aromatic N) is 2. The van der Waals surface area contributed by atoms with E-state index in [4.69, 9.17) is 4.74 Å². The normalized spacial score (nSPS) is 13.5. The Bertz CT molecular complexity index is 917. The number of benzene rings is 1. The van der Waals surface area contributed by atoms with Crippen LogP contribution in [0, 0.1) is 0 Å². The molecule has 1 aromatic carbocycles. The number of amides is 1. The molecule has 1 N–H and O–H groups in total. The molecular formula is C19H21N3O4. The molecule has 7 heteroatoms. The summed E-state index contributed by atoms with van der Waals surface area (Å²) in [6, 6.07) is 4.67. The second kappa shape index (κ2) is 7.95. The second-order valence-electron chi connectivity index (χ2n) is 6.20. The zero-order chi connectivity index (χ0) is 18.5. The van der Waals surface area contributed by atoms with Crippen molar-refractivity contribution in [2.75, 3.05) is 13.2 Å². The predicted molar refractivity (Wildman–Crippen MR) is 97.0 cm³/mol. The fourth-order valence-electron chi connectivity index (χ4n) is 3.00. The number of carbonyl (C=O) groups excluding carboxylic acids is 2. The SMILES string of the molecule is C=CCNC(=O)COC(=O)c1ccc2c(=O)n3c(nc2c1)CCCCC3. The van der Waals surface area contributed by atoms with E-state index in [-0.39, 0.29) is 17.7 Å². The minimum Gasteiger partial charge on any atom is -0.452 e. The van der Waals surface area contributed by atoms with Crippen LogP contribution < -0.4 is 10.9 Å². The lowest BCUT2D eigenvalue weighted by Gasteiger charge is -2.11. The first kappa shape index (κ1) is 17.8. The fraction of sp³-hybridized carbons (Fsp3) is 0.368. The lowest BCUT2D eigenvalue weighted by molar-refractivity contribution is -0.124. The first-order valence-corrected chi connectivity index (χ1v) is 8.68. The van der Waals surface area contributed by atoms with E-state index in [1.807, 2.05) is 0 Å². The Morgan fingerprint density at radius 3 is 2.96 bits per heavy atom. The van der Waals surface area contributed by atoms with Crippen LogP contribution >= 0.6 is 0 Å². The van der Waals surface area contributed by atoms with Gasteiger partial charge in [-0.3, -0.25) is 14.2 Å². The first-order valence-electron chi connectivity index (χ1n) is 8.68. The van der Waals surface area contributed by atoms with Crippen molar-refractivity contribution in [3.05, 3.63) is 52.6 Å². The van der Waals surface area contributed by atoms with Gasteiger partial charge in [-0.1, -0.05) is 12.5 Å². The highest BCUT2D eigenvalue weighted by Crippen LogP contribution is 2.16. The van der Waals surface area contributed by atoms with E-state index in [1.54, 1.807) is 16.7 Å². The van der Waals surface area contributed by atoms with E-state index in [2.05, 4.69) is 16.9 Å². The van der Waals surface area contributed by atoms with Gasteiger partial charge in [0, 0.05) is 19.5 Å². The van der Waals surface area contributed by atoms with Crippen LogP contribution in [0.25, 0.3) is 10.9 Å². The van der Waals surface area contributed by atoms with E-state index in [0.717, 1.165) is 31.5 Å². The maximum absolute atomic E-state index is 12.7. The molecule has 3 rings (SSSR count). The highest BCUT2D eigenvalue weighted by molar-refractivity contribution is 5.95. The summed E-state index contributed by atoms with van der Waals surface area (Å²) in [5.74, 6) is -0.271. The Balaban J connectivity index is 1.82. The summed E-state index contributed by atoms with van der Waals surface area (Å²) in [5, 5.41) is 3.01. The van der Waals surface area contributed by atoms with Gasteiger partial charge in [-0.2, -0.15) is 0 Å². The minimum atomic E-state index is -0.627. The number of ether oxygens (including phenoxy) is 1. The van der Waals surface area contributed by atoms with Gasteiger partial charge in [0.15, 0.2) is 6.61 Å². The first-order chi connectivity index (χ1) is 12.6. The van der Waals surface area contributed by atoms with Gasteiger partial charge in [0.25, 0.3) is 11.5 Å². The molecule has 1 amide bonds. The summed E-state index contributed by atoms with van der Waals surface area (Å²) in [6.45, 7) is 4.11. The van der Waals surface area contributed by atoms with Crippen LogP contribution in [0.2, 0.25) is 0 Å². The Labute approximate surface area is 150 Å². The van der Waals surface area contributed by atoms with Crippen LogP contribution in [0.15, 0.2) is 35.6 Å². The molecule has 0 fully saturated rings. The highest BCUT2D eigenvalue weighted by atomic mass is 16.5. The lowest BCUT2D eigenvalue weighted by atomic mass is 10.1. The molecule has 2 aromatic rings. The van der Waals surface area contributed by atoms with Crippen LogP contribution in [0.4, 0.5) is 0 Å². The van der Waals surface area contributed by atoms with Crippen molar-refractivity contribution in [2.45, 2.75) is 32.2 Å². The second-order valence-corrected chi connectivity index (χ2v) is 6.20. The monoisotopic (exact) mass is 355 g/mol. The van der Waals surface area contributed by atoms with Gasteiger partial charge in [0.05, 0.1) is 16.5 Å². The summed E-state index contributed by atoms with van der Waals surface area (Å²) < 4.78 is 6.74. The standard InChI is InChI=1S/C19H21N3O4/c1-2-9-20-17(23)12-26-19(25)13-7-8-14-15(11-13)21-16-6-4-3-5-10-22(16)18(14)24/h2,7-8,11H,1,3-6,9-10,12H2,(H,20,23). The van der Waals surface area contributed by atoms with Crippen LogP contribution in [0.3, 0.4) is 0 Å². The molecule has 0 saturated carbocycles. The van der Waals surface area contributed by atoms with E-state index in [9.17, 15) is 14.4 Å². The molecule has 136 valence electrons. The van der Waals surface area contributed by atoms with E-state index >= 15 is 0 Å². The molecular weight excluding hydrogens is 334 g/mol. The van der Waals surface area contributed by atoms with Crippen molar-refractivity contribution in [1.29, 1.82) is 0 Å². The Kier molecular flexibility index (Phi) is 5.46. The molecule has 0 atom stereocenters. The maximum Gasteiger partial charge on any atom is 0.338 e. The topological polar surface area (TPSA) is 90.3 Å². The van der Waals surface area contributed by atoms with Crippen LogP contribution in [0.5, 0.6) is 0 Å². The number of nitrogens with one attached hydrogen (secondary N) is 1. The smallest absolute Gasteiger partial charge is 0.338 e. The zero-order valence-corrected chi connectivity index (χ0v) is 14.5. The summed E-state index contributed by atoms with van der Waals surface area (Å²) in [7, 11) is 0. The number of fused-ring (bicyclic) bond motifs is 2. The van der Waals surface area contributed by atoms with Crippen molar-refractivity contribution < 1.29 is 14.3 Å². The number of rotatable bonds is 5.